The van der Waals surface area contributed by atoms with E-state index in [0.717, 1.165) is 60.5 Å². The van der Waals surface area contributed by atoms with Gasteiger partial charge < -0.3 is 9.32 Å². The summed E-state index contributed by atoms with van der Waals surface area (Å²) < 4.78 is 6.79. The summed E-state index contributed by atoms with van der Waals surface area (Å²) in [7, 11) is 0. The molecule has 5 aliphatic carbocycles. The Hall–Kier alpha value is -7.68. The minimum Gasteiger partial charge on any atom is -0.454 e. The fraction of sp³-hybridized carbons (Fsp3) is 0.164. The van der Waals surface area contributed by atoms with Gasteiger partial charge in [-0.15, -0.1) is 0 Å². The van der Waals surface area contributed by atoms with E-state index in [9.17, 15) is 0 Å². The number of rotatable bonds is 8. The molecule has 5 aliphatic rings. The largest absolute Gasteiger partial charge is 0.454 e. The first-order chi connectivity index (χ1) is 34.0. The fourth-order valence-corrected chi connectivity index (χ4v) is 12.2. The quantitative estimate of drug-likeness (QED) is 0.151. The second-order valence-electron chi connectivity index (χ2n) is 20.0. The first-order valence-corrected chi connectivity index (χ1v) is 25.1. The van der Waals surface area contributed by atoms with E-state index in [1.807, 2.05) is 0 Å². The standard InChI is InChI=1S/C67H55NO/c1-44-27-35-53(36-28-44)67(54-18-9-13-45(2)41-54)61-23-7-5-20-60(61)65-57(21-11-24-62(65)67)48-33-39-56(40-34-48)68(63-25-12-22-59-58-19-6-8-26-64(58)69-66(59)63)55-37-31-47(32-38-55)50-16-10-17-51(42-50)52-30-29-46-14-3-4-15-49(46)43-52/h3-5,7-12,14-18,20-27,29-41,43-45,50H,6,13,19,28,42H2,1-2H3. The van der Waals surface area contributed by atoms with E-state index in [-0.39, 0.29) is 11.3 Å². The van der Waals surface area contributed by atoms with Crippen LogP contribution in [-0.4, -0.2) is 0 Å². The number of fused-ring (bicyclic) bond motifs is 7. The van der Waals surface area contributed by atoms with E-state index >= 15 is 0 Å². The SMILES string of the molecule is CC1C=CC(C2(C3=CC(C)CC=C3)c3ccccc3-c3c(-c4ccc(N(c5ccc(C6C=CC=C(c7ccc8ccccc8c7)C6)cc5)c5cccc6c7c(oc56)C=CCC7)cc4)cccc32)=CC1. The van der Waals surface area contributed by atoms with Crippen molar-refractivity contribution < 1.29 is 4.42 Å². The summed E-state index contributed by atoms with van der Waals surface area (Å²) in [5.74, 6) is 2.27. The number of hydrogen-bond acceptors (Lipinski definition) is 2. The Morgan fingerprint density at radius 1 is 0.609 bits per heavy atom. The van der Waals surface area contributed by atoms with Gasteiger partial charge in [-0.1, -0.05) is 190 Å². The van der Waals surface area contributed by atoms with Crippen molar-refractivity contribution in [2.75, 3.05) is 4.90 Å². The Bertz CT molecular complexity index is 3560. The highest BCUT2D eigenvalue weighted by Gasteiger charge is 2.48. The molecule has 0 radical (unpaired) electrons. The van der Waals surface area contributed by atoms with Gasteiger partial charge in [-0.2, -0.15) is 0 Å². The summed E-state index contributed by atoms with van der Waals surface area (Å²) in [6, 6.07) is 56.9. The number of aryl methyl sites for hydroxylation is 1. The van der Waals surface area contributed by atoms with Crippen molar-refractivity contribution in [1.29, 1.82) is 0 Å². The van der Waals surface area contributed by atoms with Crippen molar-refractivity contribution in [3.63, 3.8) is 0 Å². The average Bonchev–Trinajstić information content (AvgIpc) is 3.94. The first kappa shape index (κ1) is 41.5. The highest BCUT2D eigenvalue weighted by molar-refractivity contribution is 6.00. The van der Waals surface area contributed by atoms with Crippen LogP contribution in [0, 0.1) is 11.8 Å². The van der Waals surface area contributed by atoms with Crippen LogP contribution in [0.3, 0.4) is 0 Å². The van der Waals surface area contributed by atoms with Gasteiger partial charge in [0.1, 0.15) is 5.76 Å². The molecule has 0 spiro atoms. The third-order valence-corrected chi connectivity index (χ3v) is 15.6. The number of nitrogens with zero attached hydrogens (tertiary/aromatic N) is 1. The lowest BCUT2D eigenvalue weighted by Gasteiger charge is -2.38. The normalized spacial score (nSPS) is 21.1. The molecule has 0 fully saturated rings. The minimum atomic E-state index is -0.384. The van der Waals surface area contributed by atoms with Crippen molar-refractivity contribution >= 4 is 50.5 Å². The maximum Gasteiger partial charge on any atom is 0.159 e. The maximum absolute atomic E-state index is 6.79. The number of allylic oxidation sites excluding steroid dienone is 13. The zero-order valence-corrected chi connectivity index (χ0v) is 39.4. The van der Waals surface area contributed by atoms with Crippen LogP contribution >= 0.6 is 0 Å². The molecule has 4 unspecified atom stereocenters. The van der Waals surface area contributed by atoms with Crippen molar-refractivity contribution in [2.45, 2.75) is 57.3 Å². The third-order valence-electron chi connectivity index (χ3n) is 15.6. The smallest absolute Gasteiger partial charge is 0.159 e. The molecule has 69 heavy (non-hydrogen) atoms. The zero-order valence-electron chi connectivity index (χ0n) is 39.4. The van der Waals surface area contributed by atoms with Gasteiger partial charge in [0.2, 0.25) is 0 Å². The third kappa shape index (κ3) is 6.91. The Morgan fingerprint density at radius 3 is 2.22 bits per heavy atom. The predicted octanol–water partition coefficient (Wildman–Crippen LogP) is 18.1. The van der Waals surface area contributed by atoms with Gasteiger partial charge in [-0.05, 0) is 158 Å². The number of hydrogen-bond donors (Lipinski definition) is 0. The monoisotopic (exact) mass is 889 g/mol. The highest BCUT2D eigenvalue weighted by atomic mass is 16.3. The van der Waals surface area contributed by atoms with Gasteiger partial charge in [-0.25, -0.2) is 0 Å². The van der Waals surface area contributed by atoms with E-state index in [0.29, 0.717) is 11.8 Å². The Labute approximate surface area is 406 Å². The van der Waals surface area contributed by atoms with Crippen LogP contribution < -0.4 is 4.90 Å². The molecule has 2 heteroatoms. The summed E-state index contributed by atoms with van der Waals surface area (Å²) in [5.41, 5.74) is 19.7. The van der Waals surface area contributed by atoms with Crippen LogP contribution in [0.15, 0.2) is 228 Å². The lowest BCUT2D eigenvalue weighted by molar-refractivity contribution is 0.596. The van der Waals surface area contributed by atoms with Crippen molar-refractivity contribution in [3.8, 4) is 22.3 Å². The molecular weight excluding hydrogens is 835 g/mol. The molecule has 13 rings (SSSR count). The summed E-state index contributed by atoms with van der Waals surface area (Å²) in [6.07, 6.45) is 31.1. The molecule has 1 aromatic heterocycles. The van der Waals surface area contributed by atoms with E-state index in [2.05, 4.69) is 237 Å². The zero-order chi connectivity index (χ0) is 46.1. The molecule has 2 nitrogen and oxygen atoms in total. The Morgan fingerprint density at radius 2 is 1.38 bits per heavy atom. The predicted molar refractivity (Wildman–Crippen MR) is 290 cm³/mol. The van der Waals surface area contributed by atoms with Gasteiger partial charge >= 0.3 is 0 Å². The van der Waals surface area contributed by atoms with E-state index in [4.69, 9.17) is 4.42 Å². The van der Waals surface area contributed by atoms with E-state index in [1.54, 1.807) is 0 Å². The summed E-state index contributed by atoms with van der Waals surface area (Å²) in [4.78, 5) is 2.40. The van der Waals surface area contributed by atoms with Crippen LogP contribution in [0.4, 0.5) is 17.1 Å². The summed E-state index contributed by atoms with van der Waals surface area (Å²) >= 11 is 0. The number of furan rings is 1. The maximum atomic E-state index is 6.79. The molecule has 0 aliphatic heterocycles. The molecule has 0 N–H and O–H groups in total. The lowest BCUT2D eigenvalue weighted by Crippen LogP contribution is -2.31. The molecule has 334 valence electrons. The molecule has 1 heterocycles. The minimum absolute atomic E-state index is 0.282. The van der Waals surface area contributed by atoms with Gasteiger partial charge in [0.15, 0.2) is 5.58 Å². The van der Waals surface area contributed by atoms with Gasteiger partial charge in [0.25, 0.3) is 0 Å². The lowest BCUT2D eigenvalue weighted by atomic mass is 9.64. The van der Waals surface area contributed by atoms with Gasteiger partial charge in [-0.3, -0.25) is 0 Å². The second kappa shape index (κ2) is 16.8. The fourth-order valence-electron chi connectivity index (χ4n) is 12.2. The topological polar surface area (TPSA) is 16.4 Å². The Kier molecular flexibility index (Phi) is 10.1. The molecular formula is C67H55NO. The van der Waals surface area contributed by atoms with E-state index in [1.165, 1.54) is 82.9 Å². The summed E-state index contributed by atoms with van der Waals surface area (Å²) in [5, 5.41) is 3.75. The van der Waals surface area contributed by atoms with Crippen LogP contribution in [0.1, 0.15) is 79.0 Å². The number of anilines is 3. The van der Waals surface area contributed by atoms with Crippen molar-refractivity contribution in [3.05, 3.63) is 257 Å². The highest BCUT2D eigenvalue weighted by Crippen LogP contribution is 2.60. The van der Waals surface area contributed by atoms with Crippen LogP contribution in [0.2, 0.25) is 0 Å². The molecule has 0 amide bonds. The van der Waals surface area contributed by atoms with Crippen molar-refractivity contribution in [2.24, 2.45) is 11.8 Å². The number of benzene rings is 7. The first-order valence-electron chi connectivity index (χ1n) is 25.1. The second-order valence-corrected chi connectivity index (χ2v) is 20.0. The number of para-hydroxylation sites is 1. The Balaban J connectivity index is 0.900. The van der Waals surface area contributed by atoms with Crippen LogP contribution in [0.5, 0.6) is 0 Å². The molecule has 7 aromatic carbocycles. The van der Waals surface area contributed by atoms with Gasteiger partial charge in [0.05, 0.1) is 11.1 Å². The van der Waals surface area contributed by atoms with E-state index < -0.39 is 0 Å². The molecule has 0 saturated heterocycles. The molecule has 0 saturated carbocycles. The molecule has 4 atom stereocenters. The molecule has 8 aromatic rings. The van der Waals surface area contributed by atoms with Crippen molar-refractivity contribution in [1.82, 2.24) is 0 Å². The van der Waals surface area contributed by atoms with Crippen LogP contribution in [0.25, 0.3) is 55.6 Å². The average molecular weight is 890 g/mol. The van der Waals surface area contributed by atoms with Crippen LogP contribution in [-0.2, 0) is 11.8 Å². The summed E-state index contributed by atoms with van der Waals surface area (Å²) in [6.45, 7) is 4.68. The molecule has 0 bridgehead atoms. The van der Waals surface area contributed by atoms with Gasteiger partial charge in [0, 0.05) is 28.2 Å².